The first kappa shape index (κ1) is 10.4. The van der Waals surface area contributed by atoms with E-state index >= 15 is 0 Å². The maximum Gasteiger partial charge on any atom is 0.123 e. The second-order valence-corrected chi connectivity index (χ2v) is 4.40. The van der Waals surface area contributed by atoms with Crippen LogP contribution in [0.3, 0.4) is 0 Å². The molecule has 0 bridgehead atoms. The number of phenolic OH excluding ortho intramolecular Hbond substituents is 1. The minimum Gasteiger partial charge on any atom is -0.507 e. The van der Waals surface area contributed by atoms with Gasteiger partial charge in [-0.2, -0.15) is 5.10 Å². The number of hydrogen-bond donors (Lipinski definition) is 3. The van der Waals surface area contributed by atoms with E-state index < -0.39 is 0 Å². The van der Waals surface area contributed by atoms with E-state index in [0.29, 0.717) is 11.7 Å². The van der Waals surface area contributed by atoms with E-state index in [4.69, 9.17) is 0 Å². The number of H-pyrrole nitrogens is 1. The summed E-state index contributed by atoms with van der Waals surface area (Å²) >= 11 is 0. The van der Waals surface area contributed by atoms with Crippen molar-refractivity contribution in [3.63, 3.8) is 0 Å². The Labute approximate surface area is 99.7 Å². The van der Waals surface area contributed by atoms with E-state index in [-0.39, 0.29) is 0 Å². The Hall–Kier alpha value is -1.81. The molecule has 0 aliphatic carbocycles. The van der Waals surface area contributed by atoms with Gasteiger partial charge in [0.25, 0.3) is 0 Å². The Bertz CT molecular complexity index is 515. The van der Waals surface area contributed by atoms with Crippen molar-refractivity contribution >= 4 is 0 Å². The highest BCUT2D eigenvalue weighted by Gasteiger charge is 2.22. The summed E-state index contributed by atoms with van der Waals surface area (Å²) < 4.78 is 0. The molecule has 0 radical (unpaired) electrons. The molecule has 3 N–H and O–H groups in total. The largest absolute Gasteiger partial charge is 0.507 e. The van der Waals surface area contributed by atoms with Crippen molar-refractivity contribution in [2.45, 2.75) is 12.3 Å². The molecule has 1 saturated heterocycles. The molecular formula is C13H15N3O. The molecule has 0 spiro atoms. The molecule has 88 valence electrons. The summed E-state index contributed by atoms with van der Waals surface area (Å²) in [6.45, 7) is 2.02. The smallest absolute Gasteiger partial charge is 0.123 e. The summed E-state index contributed by atoms with van der Waals surface area (Å²) in [7, 11) is 0. The highest BCUT2D eigenvalue weighted by molar-refractivity contribution is 5.71. The lowest BCUT2D eigenvalue weighted by atomic mass is 9.96. The molecule has 0 amide bonds. The average Bonchev–Trinajstić information content (AvgIpc) is 3.00. The van der Waals surface area contributed by atoms with Crippen molar-refractivity contribution < 1.29 is 5.11 Å². The molecule has 4 heteroatoms. The summed E-state index contributed by atoms with van der Waals surface area (Å²) in [6, 6.07) is 7.39. The van der Waals surface area contributed by atoms with Gasteiger partial charge >= 0.3 is 0 Å². The van der Waals surface area contributed by atoms with Gasteiger partial charge in [-0.15, -0.1) is 0 Å². The van der Waals surface area contributed by atoms with Crippen molar-refractivity contribution in [3.8, 4) is 16.9 Å². The molecule has 1 unspecified atom stereocenters. The van der Waals surface area contributed by atoms with Crippen LogP contribution < -0.4 is 5.32 Å². The number of aromatic nitrogens is 2. The zero-order valence-electron chi connectivity index (χ0n) is 9.48. The molecule has 1 aliphatic rings. The first-order chi connectivity index (χ1) is 8.36. The summed E-state index contributed by atoms with van der Waals surface area (Å²) in [6.07, 6.45) is 2.91. The molecule has 4 nitrogen and oxygen atoms in total. The maximum atomic E-state index is 9.89. The fraction of sp³-hybridized carbons (Fsp3) is 0.308. The number of benzene rings is 1. The van der Waals surface area contributed by atoms with E-state index in [9.17, 15) is 5.11 Å². The van der Waals surface area contributed by atoms with Crippen LogP contribution in [0.5, 0.6) is 5.75 Å². The maximum absolute atomic E-state index is 9.89. The van der Waals surface area contributed by atoms with Gasteiger partial charge in [-0.1, -0.05) is 18.2 Å². The van der Waals surface area contributed by atoms with Crippen LogP contribution in [0.25, 0.3) is 11.1 Å². The first-order valence-electron chi connectivity index (χ1n) is 5.88. The Balaban J connectivity index is 2.04. The van der Waals surface area contributed by atoms with Gasteiger partial charge in [-0.25, -0.2) is 0 Å². The zero-order valence-corrected chi connectivity index (χ0v) is 9.48. The van der Waals surface area contributed by atoms with Crippen LogP contribution in [0.4, 0.5) is 0 Å². The number of aromatic hydroxyl groups is 1. The lowest BCUT2D eigenvalue weighted by Gasteiger charge is -2.10. The Morgan fingerprint density at radius 1 is 1.24 bits per heavy atom. The second kappa shape index (κ2) is 4.22. The molecular weight excluding hydrogens is 214 g/mol. The van der Waals surface area contributed by atoms with Gasteiger partial charge in [-0.3, -0.25) is 5.10 Å². The molecule has 1 aromatic heterocycles. The van der Waals surface area contributed by atoms with Crippen LogP contribution >= 0.6 is 0 Å². The first-order valence-corrected chi connectivity index (χ1v) is 5.88. The van der Waals surface area contributed by atoms with Gasteiger partial charge in [0.1, 0.15) is 5.75 Å². The zero-order chi connectivity index (χ0) is 11.7. The fourth-order valence-corrected chi connectivity index (χ4v) is 2.42. The quantitative estimate of drug-likeness (QED) is 0.736. The fourth-order valence-electron chi connectivity index (χ4n) is 2.42. The highest BCUT2D eigenvalue weighted by Crippen LogP contribution is 2.35. The standard InChI is InChI=1S/C13H15N3O/c17-12-4-2-1-3-10(12)11-8-15-16-13(11)9-5-6-14-7-9/h1-4,8-9,14,17H,5-7H2,(H,15,16). The highest BCUT2D eigenvalue weighted by atomic mass is 16.3. The summed E-state index contributed by atoms with van der Waals surface area (Å²) in [5.41, 5.74) is 2.98. The van der Waals surface area contributed by atoms with E-state index in [2.05, 4.69) is 15.5 Å². The summed E-state index contributed by atoms with van der Waals surface area (Å²) in [5.74, 6) is 0.771. The number of hydrogen-bond acceptors (Lipinski definition) is 3. The number of para-hydroxylation sites is 1. The monoisotopic (exact) mass is 229 g/mol. The van der Waals surface area contributed by atoms with Gasteiger partial charge in [0.15, 0.2) is 0 Å². The third kappa shape index (κ3) is 1.80. The Kier molecular flexibility index (Phi) is 2.57. The minimum absolute atomic E-state index is 0.307. The molecule has 2 heterocycles. The summed E-state index contributed by atoms with van der Waals surface area (Å²) in [5, 5.41) is 20.4. The molecule has 1 aliphatic heterocycles. The van der Waals surface area contributed by atoms with Gasteiger partial charge in [0, 0.05) is 29.3 Å². The number of aromatic amines is 1. The molecule has 3 rings (SSSR count). The van der Waals surface area contributed by atoms with E-state index in [1.807, 2.05) is 18.2 Å². The van der Waals surface area contributed by atoms with Crippen molar-refractivity contribution in [1.82, 2.24) is 15.5 Å². The van der Waals surface area contributed by atoms with E-state index in [1.54, 1.807) is 12.3 Å². The average molecular weight is 229 g/mol. The SMILES string of the molecule is Oc1ccccc1-c1cn[nH]c1C1CCNC1. The Morgan fingerprint density at radius 2 is 2.12 bits per heavy atom. The summed E-state index contributed by atoms with van der Waals surface area (Å²) in [4.78, 5) is 0. The molecule has 1 fully saturated rings. The topological polar surface area (TPSA) is 60.9 Å². The van der Waals surface area contributed by atoms with Gasteiger partial charge in [-0.05, 0) is 19.0 Å². The molecule has 1 aromatic carbocycles. The van der Waals surface area contributed by atoms with Crippen molar-refractivity contribution in [2.75, 3.05) is 13.1 Å². The molecule has 1 atom stereocenters. The third-order valence-corrected chi connectivity index (χ3v) is 3.33. The van der Waals surface area contributed by atoms with Gasteiger partial charge < -0.3 is 10.4 Å². The lowest BCUT2D eigenvalue weighted by Crippen LogP contribution is -2.08. The van der Waals surface area contributed by atoms with Crippen molar-refractivity contribution in [3.05, 3.63) is 36.2 Å². The third-order valence-electron chi connectivity index (χ3n) is 3.33. The van der Waals surface area contributed by atoms with Crippen LogP contribution in [-0.4, -0.2) is 28.4 Å². The number of nitrogens with zero attached hydrogens (tertiary/aromatic N) is 1. The predicted molar refractivity (Wildman–Crippen MR) is 65.9 cm³/mol. The van der Waals surface area contributed by atoms with Crippen LogP contribution in [-0.2, 0) is 0 Å². The molecule has 17 heavy (non-hydrogen) atoms. The van der Waals surface area contributed by atoms with Gasteiger partial charge in [0.05, 0.1) is 6.20 Å². The van der Waals surface area contributed by atoms with E-state index in [1.165, 1.54) is 0 Å². The lowest BCUT2D eigenvalue weighted by molar-refractivity contribution is 0.477. The van der Waals surface area contributed by atoms with Crippen LogP contribution in [0, 0.1) is 0 Å². The van der Waals surface area contributed by atoms with E-state index in [0.717, 1.165) is 36.3 Å². The minimum atomic E-state index is 0.307. The number of rotatable bonds is 2. The molecule has 0 saturated carbocycles. The van der Waals surface area contributed by atoms with Crippen LogP contribution in [0.15, 0.2) is 30.5 Å². The second-order valence-electron chi connectivity index (χ2n) is 4.40. The Morgan fingerprint density at radius 3 is 2.88 bits per heavy atom. The number of nitrogens with one attached hydrogen (secondary N) is 2. The normalized spacial score (nSPS) is 19.6. The molecule has 2 aromatic rings. The van der Waals surface area contributed by atoms with Crippen molar-refractivity contribution in [2.24, 2.45) is 0 Å². The van der Waals surface area contributed by atoms with Crippen molar-refractivity contribution in [1.29, 1.82) is 0 Å². The van der Waals surface area contributed by atoms with Crippen LogP contribution in [0.2, 0.25) is 0 Å². The van der Waals surface area contributed by atoms with Gasteiger partial charge in [0.2, 0.25) is 0 Å². The van der Waals surface area contributed by atoms with Crippen LogP contribution in [0.1, 0.15) is 18.0 Å². The number of phenols is 1. The predicted octanol–water partition coefficient (Wildman–Crippen LogP) is 1.86.